The second-order valence-electron chi connectivity index (χ2n) is 5.84. The fraction of sp³-hybridized carbons (Fsp3) is 0.167. The van der Waals surface area contributed by atoms with E-state index < -0.39 is 18.3 Å². The molecule has 0 aromatic carbocycles. The molecule has 0 aliphatic heterocycles. The van der Waals surface area contributed by atoms with Crippen LogP contribution in [0.1, 0.15) is 28.9 Å². The average Bonchev–Trinajstić information content (AvgIpc) is 3.30. The molecule has 0 aliphatic rings. The molecule has 27 heavy (non-hydrogen) atoms. The monoisotopic (exact) mass is 388 g/mol. The van der Waals surface area contributed by atoms with Gasteiger partial charge in [0.05, 0.1) is 11.5 Å². The molecular formula is C18H14F2N4O2S. The van der Waals surface area contributed by atoms with Gasteiger partial charge in [0.1, 0.15) is 10.6 Å². The minimum absolute atomic E-state index is 0.114. The number of rotatable bonds is 5. The standard InChI is InChI=1S/C18H14F2N4O2S/c19-15(20)12-4-5-13(26-12)17-23-16(21)10-8-14(27-18(10)24-17)11(25)7-9-3-1-2-6-22-9/h1-6,8,11,15,25H,7H2,(H2,21,23,24). The quantitative estimate of drug-likeness (QED) is 0.533. The number of hydrogen-bond donors (Lipinski definition) is 2. The first-order chi connectivity index (χ1) is 13.0. The predicted molar refractivity (Wildman–Crippen MR) is 97.4 cm³/mol. The zero-order chi connectivity index (χ0) is 19.0. The summed E-state index contributed by atoms with van der Waals surface area (Å²) in [6.07, 6.45) is -1.46. The number of fused-ring (bicyclic) bond motifs is 1. The highest BCUT2D eigenvalue weighted by atomic mass is 32.1. The van der Waals surface area contributed by atoms with Crippen molar-refractivity contribution < 1.29 is 18.3 Å². The molecule has 0 amide bonds. The number of nitrogens with zero attached hydrogens (tertiary/aromatic N) is 3. The molecule has 9 heteroatoms. The minimum Gasteiger partial charge on any atom is -0.452 e. The van der Waals surface area contributed by atoms with Gasteiger partial charge in [0.2, 0.25) is 0 Å². The SMILES string of the molecule is Nc1nc(-c2ccc(C(F)F)o2)nc2sc(C(O)Cc3ccccn3)cc12. The molecule has 0 saturated carbocycles. The maximum Gasteiger partial charge on any atom is 0.295 e. The number of halogens is 2. The summed E-state index contributed by atoms with van der Waals surface area (Å²) in [4.78, 5) is 13.9. The highest BCUT2D eigenvalue weighted by Gasteiger charge is 2.19. The van der Waals surface area contributed by atoms with Crippen molar-refractivity contribution in [3.05, 3.63) is 58.9 Å². The van der Waals surface area contributed by atoms with Gasteiger partial charge in [-0.3, -0.25) is 4.98 Å². The van der Waals surface area contributed by atoms with Gasteiger partial charge in [0, 0.05) is 23.2 Å². The molecule has 1 atom stereocenters. The zero-order valence-electron chi connectivity index (χ0n) is 13.8. The summed E-state index contributed by atoms with van der Waals surface area (Å²) in [5, 5.41) is 11.1. The van der Waals surface area contributed by atoms with Gasteiger partial charge in [-0.15, -0.1) is 11.3 Å². The number of alkyl halides is 2. The molecule has 0 fully saturated rings. The lowest BCUT2D eigenvalue weighted by Crippen LogP contribution is -2.00. The molecule has 6 nitrogen and oxygen atoms in total. The van der Waals surface area contributed by atoms with Gasteiger partial charge in [0.15, 0.2) is 17.3 Å². The number of aliphatic hydroxyl groups is 1. The Balaban J connectivity index is 1.66. The van der Waals surface area contributed by atoms with Gasteiger partial charge in [-0.1, -0.05) is 6.07 Å². The van der Waals surface area contributed by atoms with E-state index in [-0.39, 0.29) is 17.4 Å². The fourth-order valence-electron chi connectivity index (χ4n) is 2.64. The Morgan fingerprint density at radius 1 is 1.19 bits per heavy atom. The van der Waals surface area contributed by atoms with Gasteiger partial charge >= 0.3 is 0 Å². The first-order valence-electron chi connectivity index (χ1n) is 8.04. The van der Waals surface area contributed by atoms with Crippen LogP contribution in [0, 0.1) is 0 Å². The minimum atomic E-state index is -2.71. The summed E-state index contributed by atoms with van der Waals surface area (Å²) < 4.78 is 30.5. The number of hydrogen-bond acceptors (Lipinski definition) is 7. The summed E-state index contributed by atoms with van der Waals surface area (Å²) in [5.41, 5.74) is 6.76. The Kier molecular flexibility index (Phi) is 4.54. The number of aliphatic hydroxyl groups excluding tert-OH is 1. The lowest BCUT2D eigenvalue weighted by atomic mass is 10.1. The number of nitrogens with two attached hydrogens (primary N) is 1. The van der Waals surface area contributed by atoms with E-state index in [1.54, 1.807) is 18.3 Å². The molecule has 0 bridgehead atoms. The van der Waals surface area contributed by atoms with E-state index in [1.165, 1.54) is 23.5 Å². The molecular weight excluding hydrogens is 374 g/mol. The Labute approximate surface area is 156 Å². The van der Waals surface area contributed by atoms with Gasteiger partial charge in [0.25, 0.3) is 6.43 Å². The summed E-state index contributed by atoms with van der Waals surface area (Å²) in [6.45, 7) is 0. The van der Waals surface area contributed by atoms with Crippen LogP contribution in [0.5, 0.6) is 0 Å². The largest absolute Gasteiger partial charge is 0.452 e. The highest BCUT2D eigenvalue weighted by Crippen LogP contribution is 2.34. The molecule has 3 N–H and O–H groups in total. The maximum atomic E-state index is 12.7. The third-order valence-corrected chi connectivity index (χ3v) is 5.09. The van der Waals surface area contributed by atoms with E-state index in [2.05, 4.69) is 15.0 Å². The topological polar surface area (TPSA) is 98.1 Å². The Morgan fingerprint density at radius 2 is 2.04 bits per heavy atom. The number of furan rings is 1. The second-order valence-corrected chi connectivity index (χ2v) is 6.91. The third-order valence-electron chi connectivity index (χ3n) is 3.96. The van der Waals surface area contributed by atoms with E-state index >= 15 is 0 Å². The number of nitrogen functional groups attached to an aromatic ring is 1. The summed E-state index contributed by atoms with van der Waals surface area (Å²) in [6, 6.07) is 9.79. The van der Waals surface area contributed by atoms with Crippen molar-refractivity contribution in [2.24, 2.45) is 0 Å². The van der Waals surface area contributed by atoms with Crippen LogP contribution in [-0.2, 0) is 6.42 Å². The first-order valence-corrected chi connectivity index (χ1v) is 8.86. The van der Waals surface area contributed by atoms with Gasteiger partial charge in [-0.25, -0.2) is 18.7 Å². The van der Waals surface area contributed by atoms with Crippen LogP contribution < -0.4 is 5.73 Å². The van der Waals surface area contributed by atoms with Gasteiger partial charge in [-0.05, 0) is 30.3 Å². The zero-order valence-corrected chi connectivity index (χ0v) is 14.7. The number of thiophene rings is 1. The third kappa shape index (κ3) is 3.51. The predicted octanol–water partition coefficient (Wildman–Crippen LogP) is 4.14. The Morgan fingerprint density at radius 3 is 2.74 bits per heavy atom. The van der Waals surface area contributed by atoms with Crippen LogP contribution in [-0.4, -0.2) is 20.1 Å². The normalized spacial score (nSPS) is 12.7. The fourth-order valence-corrected chi connectivity index (χ4v) is 3.67. The van der Waals surface area contributed by atoms with Crippen molar-refractivity contribution in [3.63, 3.8) is 0 Å². The molecule has 4 aromatic heterocycles. The van der Waals surface area contributed by atoms with Crippen molar-refractivity contribution in [1.29, 1.82) is 0 Å². The van der Waals surface area contributed by atoms with Crippen molar-refractivity contribution >= 4 is 27.4 Å². The summed E-state index contributed by atoms with van der Waals surface area (Å²) >= 11 is 1.26. The maximum absolute atomic E-state index is 12.7. The average molecular weight is 388 g/mol. The summed E-state index contributed by atoms with van der Waals surface area (Å²) in [7, 11) is 0. The molecule has 4 heterocycles. The van der Waals surface area contributed by atoms with Crippen molar-refractivity contribution in [3.8, 4) is 11.6 Å². The van der Waals surface area contributed by atoms with Crippen LogP contribution in [0.3, 0.4) is 0 Å². The van der Waals surface area contributed by atoms with E-state index in [4.69, 9.17) is 10.2 Å². The Bertz CT molecular complexity index is 1080. The number of anilines is 1. The van der Waals surface area contributed by atoms with Crippen LogP contribution in [0.15, 0.2) is 47.0 Å². The molecule has 0 spiro atoms. The number of aromatic nitrogens is 3. The van der Waals surface area contributed by atoms with Gasteiger partial charge in [-0.2, -0.15) is 0 Å². The molecule has 0 radical (unpaired) electrons. The van der Waals surface area contributed by atoms with E-state index in [0.29, 0.717) is 21.5 Å². The molecule has 138 valence electrons. The number of pyridine rings is 1. The second kappa shape index (κ2) is 7.01. The van der Waals surface area contributed by atoms with E-state index in [0.717, 1.165) is 5.69 Å². The van der Waals surface area contributed by atoms with E-state index in [1.807, 2.05) is 12.1 Å². The van der Waals surface area contributed by atoms with Crippen molar-refractivity contribution in [2.45, 2.75) is 19.0 Å². The molecule has 4 rings (SSSR count). The lowest BCUT2D eigenvalue weighted by Gasteiger charge is -2.06. The molecule has 1 unspecified atom stereocenters. The molecule has 4 aromatic rings. The smallest absolute Gasteiger partial charge is 0.295 e. The molecule has 0 saturated heterocycles. The van der Waals surface area contributed by atoms with Crippen LogP contribution in [0.2, 0.25) is 0 Å². The van der Waals surface area contributed by atoms with Crippen molar-refractivity contribution in [1.82, 2.24) is 15.0 Å². The van der Waals surface area contributed by atoms with E-state index in [9.17, 15) is 13.9 Å². The van der Waals surface area contributed by atoms with Crippen LogP contribution >= 0.6 is 11.3 Å². The highest BCUT2D eigenvalue weighted by molar-refractivity contribution is 7.18. The van der Waals surface area contributed by atoms with Crippen LogP contribution in [0.25, 0.3) is 21.8 Å². The Hall–Kier alpha value is -2.91. The molecule has 0 aliphatic carbocycles. The van der Waals surface area contributed by atoms with Crippen molar-refractivity contribution in [2.75, 3.05) is 5.73 Å². The summed E-state index contributed by atoms with van der Waals surface area (Å²) in [5.74, 6) is -0.0233. The lowest BCUT2D eigenvalue weighted by molar-refractivity contribution is 0.122. The first kappa shape index (κ1) is 17.5. The van der Waals surface area contributed by atoms with Gasteiger partial charge < -0.3 is 15.3 Å². The van der Waals surface area contributed by atoms with Crippen LogP contribution in [0.4, 0.5) is 14.6 Å².